The molecule has 2 aromatic carbocycles. The second-order valence-corrected chi connectivity index (χ2v) is 9.04. The first-order valence-corrected chi connectivity index (χ1v) is 10.6. The van der Waals surface area contributed by atoms with E-state index >= 15 is 0 Å². The molecule has 2 aromatic rings. The molecule has 0 unspecified atom stereocenters. The summed E-state index contributed by atoms with van der Waals surface area (Å²) in [6.07, 6.45) is -0.266. The fraction of sp³-hybridized carbons (Fsp3) is 0.300. The van der Waals surface area contributed by atoms with Gasteiger partial charge in [0.05, 0.1) is 35.7 Å². The molecule has 2 N–H and O–H groups in total. The van der Waals surface area contributed by atoms with Crippen molar-refractivity contribution in [1.82, 2.24) is 0 Å². The second kappa shape index (κ2) is 8.62. The minimum Gasteiger partial charge on any atom is -0.497 e. The summed E-state index contributed by atoms with van der Waals surface area (Å²) < 4.78 is 41.4. The van der Waals surface area contributed by atoms with Crippen LogP contribution in [-0.2, 0) is 19.4 Å². The van der Waals surface area contributed by atoms with Gasteiger partial charge in [0, 0.05) is 12.5 Å². The molecule has 0 saturated heterocycles. The molecule has 2 amide bonds. The Kier molecular flexibility index (Phi) is 6.16. The number of rotatable bonds is 7. The molecule has 0 aliphatic carbocycles. The van der Waals surface area contributed by atoms with Crippen LogP contribution in [0.3, 0.4) is 0 Å². The smallest absolute Gasteiger partial charge is 0.262 e. The first-order valence-electron chi connectivity index (χ1n) is 9.07. The lowest BCUT2D eigenvalue weighted by molar-refractivity contribution is -0.118. The summed E-state index contributed by atoms with van der Waals surface area (Å²) in [7, 11) is -0.856. The van der Waals surface area contributed by atoms with Gasteiger partial charge in [0.25, 0.3) is 5.91 Å². The molecule has 0 saturated carbocycles. The quantitative estimate of drug-likeness (QED) is 0.686. The fourth-order valence-corrected chi connectivity index (χ4v) is 4.32. The Morgan fingerprint density at radius 3 is 2.67 bits per heavy atom. The predicted molar refractivity (Wildman–Crippen MR) is 110 cm³/mol. The van der Waals surface area contributed by atoms with E-state index in [4.69, 9.17) is 14.2 Å². The maximum Gasteiger partial charge on any atom is 0.262 e. The van der Waals surface area contributed by atoms with Crippen molar-refractivity contribution < 1.29 is 32.2 Å². The van der Waals surface area contributed by atoms with Gasteiger partial charge in [0.2, 0.25) is 5.91 Å². The molecule has 30 heavy (non-hydrogen) atoms. The normalized spacial score (nSPS) is 14.0. The van der Waals surface area contributed by atoms with Crippen LogP contribution < -0.4 is 24.8 Å². The molecule has 0 radical (unpaired) electrons. The number of methoxy groups -OCH3 is 2. The van der Waals surface area contributed by atoms with Gasteiger partial charge < -0.3 is 24.8 Å². The van der Waals surface area contributed by atoms with Gasteiger partial charge >= 0.3 is 0 Å². The van der Waals surface area contributed by atoms with E-state index in [2.05, 4.69) is 10.6 Å². The van der Waals surface area contributed by atoms with Crippen LogP contribution in [0.1, 0.15) is 13.3 Å². The number of carbonyl (C=O) groups is 2. The van der Waals surface area contributed by atoms with Crippen LogP contribution in [0, 0.1) is 0 Å². The Bertz CT molecular complexity index is 1080. The van der Waals surface area contributed by atoms with E-state index in [1.54, 1.807) is 18.2 Å². The van der Waals surface area contributed by atoms with Gasteiger partial charge in [-0.3, -0.25) is 9.59 Å². The van der Waals surface area contributed by atoms with Gasteiger partial charge in [-0.05, 0) is 37.3 Å². The summed E-state index contributed by atoms with van der Waals surface area (Å²) in [5, 5.41) is 4.24. The summed E-state index contributed by atoms with van der Waals surface area (Å²) in [6.45, 7) is 1.33. The van der Waals surface area contributed by atoms with Crippen LogP contribution in [0.25, 0.3) is 0 Å². The highest BCUT2D eigenvalue weighted by Crippen LogP contribution is 2.32. The maximum absolute atomic E-state index is 12.9. The summed E-state index contributed by atoms with van der Waals surface area (Å²) >= 11 is 0. The van der Waals surface area contributed by atoms with Crippen LogP contribution in [-0.4, -0.2) is 46.3 Å². The lowest BCUT2D eigenvalue weighted by Gasteiger charge is -2.19. The number of nitrogens with one attached hydrogen (secondary N) is 2. The summed E-state index contributed by atoms with van der Waals surface area (Å²) in [6, 6.07) is 9.09. The van der Waals surface area contributed by atoms with Crippen molar-refractivity contribution in [2.24, 2.45) is 0 Å². The van der Waals surface area contributed by atoms with Crippen LogP contribution >= 0.6 is 0 Å². The molecule has 3 rings (SSSR count). The highest BCUT2D eigenvalue weighted by atomic mass is 32.2. The molecule has 9 nitrogen and oxygen atoms in total. The Morgan fingerprint density at radius 2 is 1.97 bits per heavy atom. The first kappa shape index (κ1) is 21.4. The maximum atomic E-state index is 12.9. The lowest BCUT2D eigenvalue weighted by atomic mass is 10.2. The van der Waals surface area contributed by atoms with Crippen LogP contribution in [0.5, 0.6) is 17.2 Å². The molecule has 0 spiro atoms. The minimum atomic E-state index is -3.82. The lowest BCUT2D eigenvalue weighted by Crippen LogP contribution is -2.27. The Morgan fingerprint density at radius 1 is 1.20 bits per heavy atom. The monoisotopic (exact) mass is 434 g/mol. The third kappa shape index (κ3) is 4.48. The van der Waals surface area contributed by atoms with Gasteiger partial charge in [0.15, 0.2) is 16.4 Å². The van der Waals surface area contributed by atoms with Crippen molar-refractivity contribution in [2.75, 3.05) is 31.5 Å². The number of ether oxygens (including phenoxy) is 3. The molecule has 0 fully saturated rings. The Balaban J connectivity index is 1.73. The van der Waals surface area contributed by atoms with Crippen LogP contribution in [0.2, 0.25) is 0 Å². The molecule has 1 aliphatic heterocycles. The van der Waals surface area contributed by atoms with Gasteiger partial charge in [-0.1, -0.05) is 0 Å². The SMILES string of the molecule is COc1ccc(NC(=O)C[C@H](C)S(=O)(=O)c2ccc3c(c2)NC(=O)CO3)c(OC)c1. The highest BCUT2D eigenvalue weighted by molar-refractivity contribution is 7.92. The zero-order valence-electron chi connectivity index (χ0n) is 16.7. The van der Waals surface area contributed by atoms with Crippen molar-refractivity contribution in [3.8, 4) is 17.2 Å². The molecule has 0 bridgehead atoms. The zero-order chi connectivity index (χ0) is 21.9. The standard InChI is InChI=1S/C20H22N2O7S/c1-12(8-19(23)21-15-6-4-13(27-2)9-18(15)28-3)30(25,26)14-5-7-17-16(10-14)22-20(24)11-29-17/h4-7,9-10,12H,8,11H2,1-3H3,(H,21,23)(H,22,24)/t12-/m0/s1. The van der Waals surface area contributed by atoms with E-state index in [-0.39, 0.29) is 29.5 Å². The van der Waals surface area contributed by atoms with Gasteiger partial charge in [-0.2, -0.15) is 0 Å². The fourth-order valence-electron chi connectivity index (χ4n) is 2.95. The number of sulfone groups is 1. The number of carbonyl (C=O) groups excluding carboxylic acids is 2. The zero-order valence-corrected chi connectivity index (χ0v) is 17.5. The van der Waals surface area contributed by atoms with Crippen molar-refractivity contribution in [2.45, 2.75) is 23.5 Å². The van der Waals surface area contributed by atoms with Crippen LogP contribution in [0.15, 0.2) is 41.3 Å². The molecular formula is C20H22N2O7S. The number of fused-ring (bicyclic) bond motifs is 1. The van der Waals surface area contributed by atoms with Crippen molar-refractivity contribution in [3.05, 3.63) is 36.4 Å². The Labute approximate surface area is 174 Å². The summed E-state index contributed by atoms with van der Waals surface area (Å²) in [5.74, 6) is 0.500. The summed E-state index contributed by atoms with van der Waals surface area (Å²) in [4.78, 5) is 23.9. The number of benzene rings is 2. The molecule has 160 valence electrons. The van der Waals surface area contributed by atoms with Crippen molar-refractivity contribution >= 4 is 33.0 Å². The number of hydrogen-bond donors (Lipinski definition) is 2. The van der Waals surface area contributed by atoms with E-state index in [0.717, 1.165) is 0 Å². The number of hydrogen-bond acceptors (Lipinski definition) is 7. The molecule has 1 heterocycles. The van der Waals surface area contributed by atoms with E-state index < -0.39 is 21.0 Å². The van der Waals surface area contributed by atoms with Gasteiger partial charge in [0.1, 0.15) is 17.2 Å². The Hall–Kier alpha value is -3.27. The third-order valence-corrected chi connectivity index (χ3v) is 6.73. The number of amides is 2. The van der Waals surface area contributed by atoms with Gasteiger partial charge in [-0.15, -0.1) is 0 Å². The van der Waals surface area contributed by atoms with E-state index in [1.807, 2.05) is 0 Å². The van der Waals surface area contributed by atoms with Crippen molar-refractivity contribution in [3.63, 3.8) is 0 Å². The molecular weight excluding hydrogens is 412 g/mol. The molecule has 10 heteroatoms. The van der Waals surface area contributed by atoms with Gasteiger partial charge in [-0.25, -0.2) is 8.42 Å². The number of anilines is 2. The first-order chi connectivity index (χ1) is 14.2. The predicted octanol–water partition coefficient (Wildman–Crippen LogP) is 2.23. The molecule has 1 atom stereocenters. The third-order valence-electron chi connectivity index (χ3n) is 4.60. The second-order valence-electron chi connectivity index (χ2n) is 6.67. The highest BCUT2D eigenvalue weighted by Gasteiger charge is 2.28. The van der Waals surface area contributed by atoms with E-state index in [1.165, 1.54) is 39.3 Å². The molecule has 0 aromatic heterocycles. The van der Waals surface area contributed by atoms with Crippen molar-refractivity contribution in [1.29, 1.82) is 0 Å². The van der Waals surface area contributed by atoms with Crippen LogP contribution in [0.4, 0.5) is 11.4 Å². The van der Waals surface area contributed by atoms with E-state index in [0.29, 0.717) is 22.9 Å². The average molecular weight is 434 g/mol. The van der Waals surface area contributed by atoms with E-state index in [9.17, 15) is 18.0 Å². The minimum absolute atomic E-state index is 0.00521. The topological polar surface area (TPSA) is 120 Å². The summed E-state index contributed by atoms with van der Waals surface area (Å²) in [5.41, 5.74) is 0.688. The largest absolute Gasteiger partial charge is 0.497 e. The molecule has 1 aliphatic rings. The average Bonchev–Trinajstić information content (AvgIpc) is 2.73.